The lowest BCUT2D eigenvalue weighted by molar-refractivity contribution is -0.143. The van der Waals surface area contributed by atoms with Gasteiger partial charge in [-0.1, -0.05) is 0 Å². The summed E-state index contributed by atoms with van der Waals surface area (Å²) in [5, 5.41) is 11.6. The van der Waals surface area contributed by atoms with Crippen LogP contribution < -0.4 is 5.32 Å². The van der Waals surface area contributed by atoms with Crippen LogP contribution in [0.1, 0.15) is 19.8 Å². The molecule has 0 aromatic carbocycles. The van der Waals surface area contributed by atoms with Gasteiger partial charge in [0.15, 0.2) is 0 Å². The van der Waals surface area contributed by atoms with Crippen LogP contribution in [0.2, 0.25) is 0 Å². The summed E-state index contributed by atoms with van der Waals surface area (Å²) in [5.74, 6) is -1.26. The number of carboxylic acid groups (broad SMARTS) is 1. The summed E-state index contributed by atoms with van der Waals surface area (Å²) in [4.78, 5) is 24.2. The van der Waals surface area contributed by atoms with Gasteiger partial charge in [-0.05, 0) is 19.8 Å². The molecular formula is C11H20N2O4. The number of hydrogen-bond donors (Lipinski definition) is 2. The lowest BCUT2D eigenvalue weighted by atomic mass is 9.99. The SMILES string of the molecule is COC(C)CNC(=O)N1CCCC(C(=O)O)C1. The monoisotopic (exact) mass is 244 g/mol. The van der Waals surface area contributed by atoms with Crippen LogP contribution in [0.4, 0.5) is 4.79 Å². The lowest BCUT2D eigenvalue weighted by Crippen LogP contribution is -2.48. The predicted octanol–water partition coefficient (Wildman–Crippen LogP) is 0.527. The van der Waals surface area contributed by atoms with Crippen LogP contribution in [0.5, 0.6) is 0 Å². The Morgan fingerprint density at radius 2 is 2.29 bits per heavy atom. The van der Waals surface area contributed by atoms with Gasteiger partial charge in [0.1, 0.15) is 0 Å². The van der Waals surface area contributed by atoms with Crippen molar-refractivity contribution in [3.05, 3.63) is 0 Å². The summed E-state index contributed by atoms with van der Waals surface area (Å²) in [6, 6.07) is -0.208. The number of aliphatic carboxylic acids is 1. The second-order valence-corrected chi connectivity index (χ2v) is 4.36. The first-order chi connectivity index (χ1) is 8.04. The van der Waals surface area contributed by atoms with Crippen molar-refractivity contribution in [2.24, 2.45) is 5.92 Å². The second-order valence-electron chi connectivity index (χ2n) is 4.36. The number of piperidine rings is 1. The second kappa shape index (κ2) is 6.44. The molecule has 2 N–H and O–H groups in total. The van der Waals surface area contributed by atoms with Gasteiger partial charge in [0.05, 0.1) is 12.0 Å². The number of urea groups is 1. The molecule has 2 unspecified atom stereocenters. The first-order valence-corrected chi connectivity index (χ1v) is 5.83. The molecule has 98 valence electrons. The zero-order chi connectivity index (χ0) is 12.8. The number of rotatable bonds is 4. The van der Waals surface area contributed by atoms with Gasteiger partial charge >= 0.3 is 12.0 Å². The van der Waals surface area contributed by atoms with Crippen molar-refractivity contribution in [3.8, 4) is 0 Å². The topological polar surface area (TPSA) is 78.9 Å². The summed E-state index contributed by atoms with van der Waals surface area (Å²) in [6.45, 7) is 3.21. The molecule has 1 heterocycles. The van der Waals surface area contributed by atoms with Crippen LogP contribution in [0.15, 0.2) is 0 Å². The number of nitrogens with zero attached hydrogens (tertiary/aromatic N) is 1. The van der Waals surface area contributed by atoms with E-state index in [1.54, 1.807) is 12.0 Å². The Balaban J connectivity index is 2.38. The van der Waals surface area contributed by atoms with E-state index in [2.05, 4.69) is 5.32 Å². The van der Waals surface area contributed by atoms with Gasteiger partial charge in [0.2, 0.25) is 0 Å². The summed E-state index contributed by atoms with van der Waals surface area (Å²) < 4.78 is 5.02. The van der Waals surface area contributed by atoms with Crippen molar-refractivity contribution in [1.82, 2.24) is 10.2 Å². The number of ether oxygens (including phenoxy) is 1. The van der Waals surface area contributed by atoms with E-state index in [1.807, 2.05) is 6.92 Å². The van der Waals surface area contributed by atoms with E-state index in [0.717, 1.165) is 6.42 Å². The molecule has 0 aliphatic carbocycles. The van der Waals surface area contributed by atoms with Crippen molar-refractivity contribution in [3.63, 3.8) is 0 Å². The third kappa shape index (κ3) is 4.22. The van der Waals surface area contributed by atoms with Crippen LogP contribution >= 0.6 is 0 Å². The largest absolute Gasteiger partial charge is 0.481 e. The number of carbonyl (C=O) groups is 2. The highest BCUT2D eigenvalue weighted by Gasteiger charge is 2.27. The number of amides is 2. The predicted molar refractivity (Wildman–Crippen MR) is 61.8 cm³/mol. The minimum atomic E-state index is -0.826. The number of nitrogens with one attached hydrogen (secondary N) is 1. The smallest absolute Gasteiger partial charge is 0.317 e. The Morgan fingerprint density at radius 1 is 1.59 bits per heavy atom. The van der Waals surface area contributed by atoms with E-state index in [0.29, 0.717) is 26.1 Å². The molecule has 0 saturated carbocycles. The van der Waals surface area contributed by atoms with E-state index >= 15 is 0 Å². The molecule has 1 rings (SSSR count). The Bertz CT molecular complexity index is 283. The van der Waals surface area contributed by atoms with E-state index in [1.165, 1.54) is 0 Å². The molecule has 2 amide bonds. The summed E-state index contributed by atoms with van der Waals surface area (Å²) in [5.41, 5.74) is 0. The van der Waals surface area contributed by atoms with Gasteiger partial charge in [0.25, 0.3) is 0 Å². The Kier molecular flexibility index (Phi) is 5.21. The number of carbonyl (C=O) groups excluding carboxylic acids is 1. The third-order valence-corrected chi connectivity index (χ3v) is 3.00. The van der Waals surface area contributed by atoms with Gasteiger partial charge in [-0.25, -0.2) is 4.79 Å². The highest BCUT2D eigenvalue weighted by atomic mass is 16.5. The van der Waals surface area contributed by atoms with Gasteiger partial charge in [0, 0.05) is 26.7 Å². The van der Waals surface area contributed by atoms with Crippen molar-refractivity contribution in [2.45, 2.75) is 25.9 Å². The molecule has 17 heavy (non-hydrogen) atoms. The highest BCUT2D eigenvalue weighted by molar-refractivity contribution is 5.76. The molecule has 0 aromatic heterocycles. The quantitative estimate of drug-likeness (QED) is 0.756. The van der Waals surface area contributed by atoms with E-state index in [-0.39, 0.29) is 12.1 Å². The highest BCUT2D eigenvalue weighted by Crippen LogP contribution is 2.16. The molecule has 1 saturated heterocycles. The molecule has 0 bridgehead atoms. The van der Waals surface area contributed by atoms with Gasteiger partial charge < -0.3 is 20.1 Å². The maximum atomic E-state index is 11.8. The average Bonchev–Trinajstić information content (AvgIpc) is 2.35. The summed E-state index contributed by atoms with van der Waals surface area (Å²) in [7, 11) is 1.58. The maximum Gasteiger partial charge on any atom is 0.317 e. The molecule has 0 aromatic rings. The normalized spacial score (nSPS) is 22.0. The van der Waals surface area contributed by atoms with Crippen LogP contribution in [-0.2, 0) is 9.53 Å². The molecular weight excluding hydrogens is 224 g/mol. The molecule has 6 heteroatoms. The number of methoxy groups -OCH3 is 1. The minimum Gasteiger partial charge on any atom is -0.481 e. The average molecular weight is 244 g/mol. The van der Waals surface area contributed by atoms with Gasteiger partial charge in [-0.2, -0.15) is 0 Å². The summed E-state index contributed by atoms with van der Waals surface area (Å²) >= 11 is 0. The zero-order valence-electron chi connectivity index (χ0n) is 10.3. The molecule has 6 nitrogen and oxygen atoms in total. The molecule has 1 fully saturated rings. The fraction of sp³-hybridized carbons (Fsp3) is 0.818. The maximum absolute atomic E-state index is 11.8. The molecule has 1 aliphatic rings. The van der Waals surface area contributed by atoms with Gasteiger partial charge in [-0.3, -0.25) is 4.79 Å². The first kappa shape index (κ1) is 13.8. The van der Waals surface area contributed by atoms with Gasteiger partial charge in [-0.15, -0.1) is 0 Å². The van der Waals surface area contributed by atoms with E-state index < -0.39 is 11.9 Å². The first-order valence-electron chi connectivity index (χ1n) is 5.83. The minimum absolute atomic E-state index is 0.0426. The summed E-state index contributed by atoms with van der Waals surface area (Å²) in [6.07, 6.45) is 1.34. The molecule has 2 atom stereocenters. The Labute approximate surface area is 101 Å². The fourth-order valence-corrected chi connectivity index (χ4v) is 1.79. The lowest BCUT2D eigenvalue weighted by Gasteiger charge is -2.31. The molecule has 0 radical (unpaired) electrons. The number of carboxylic acids is 1. The number of likely N-dealkylation sites (tertiary alicyclic amines) is 1. The fourth-order valence-electron chi connectivity index (χ4n) is 1.79. The van der Waals surface area contributed by atoms with Crippen molar-refractivity contribution in [1.29, 1.82) is 0 Å². The van der Waals surface area contributed by atoms with Crippen molar-refractivity contribution < 1.29 is 19.4 Å². The van der Waals surface area contributed by atoms with Crippen LogP contribution in [-0.4, -0.2) is 54.9 Å². The van der Waals surface area contributed by atoms with Crippen molar-refractivity contribution in [2.75, 3.05) is 26.7 Å². The third-order valence-electron chi connectivity index (χ3n) is 3.00. The standard InChI is InChI=1S/C11H20N2O4/c1-8(17-2)6-12-11(16)13-5-3-4-9(7-13)10(14)15/h8-9H,3-7H2,1-2H3,(H,12,16)(H,14,15). The molecule has 1 aliphatic heterocycles. The van der Waals surface area contributed by atoms with Crippen LogP contribution in [0.3, 0.4) is 0 Å². The Hall–Kier alpha value is -1.30. The van der Waals surface area contributed by atoms with Crippen LogP contribution in [0, 0.1) is 5.92 Å². The number of hydrogen-bond acceptors (Lipinski definition) is 3. The molecule has 0 spiro atoms. The zero-order valence-corrected chi connectivity index (χ0v) is 10.3. The Morgan fingerprint density at radius 3 is 2.88 bits per heavy atom. The van der Waals surface area contributed by atoms with Crippen molar-refractivity contribution >= 4 is 12.0 Å². The van der Waals surface area contributed by atoms with Crippen LogP contribution in [0.25, 0.3) is 0 Å². The van der Waals surface area contributed by atoms with E-state index in [9.17, 15) is 9.59 Å². The van der Waals surface area contributed by atoms with E-state index in [4.69, 9.17) is 9.84 Å².